The molecule has 0 bridgehead atoms. The van der Waals surface area contributed by atoms with E-state index in [0.717, 1.165) is 38.6 Å². The number of β-amino-alcohol motifs (C(OH)–C–C–N with tert-alkyl or cyclic N) is 1. The number of hydrogen-bond donors (Lipinski definition) is 2. The largest absolute Gasteiger partial charge is 0.388 e. The monoisotopic (exact) mass is 254 g/mol. The molecule has 3 N–H and O–H groups in total. The Hall–Kier alpha value is -0.610. The predicted molar refractivity (Wildman–Crippen MR) is 70.9 cm³/mol. The maximum Gasteiger partial charge on any atom is 0.227 e. The van der Waals surface area contributed by atoms with Crippen LogP contribution >= 0.6 is 0 Å². The molecule has 2 aliphatic rings. The standard InChI is InChI=1S/C14H26N2O2/c1-10-5-3-6-11(15)12(10)13(17)16-8-4-7-14(2,18)9-16/h10-12,18H,3-9,15H2,1-2H3. The van der Waals surface area contributed by atoms with Crippen LogP contribution in [-0.4, -0.2) is 40.6 Å². The Labute approximate surface area is 110 Å². The summed E-state index contributed by atoms with van der Waals surface area (Å²) in [7, 11) is 0. The molecule has 0 aromatic rings. The van der Waals surface area contributed by atoms with E-state index in [1.807, 2.05) is 11.8 Å². The highest BCUT2D eigenvalue weighted by Crippen LogP contribution is 2.32. The second-order valence-corrected chi connectivity index (χ2v) is 6.46. The highest BCUT2D eigenvalue weighted by atomic mass is 16.3. The number of hydrogen-bond acceptors (Lipinski definition) is 3. The Morgan fingerprint density at radius 1 is 1.39 bits per heavy atom. The third-order valence-corrected chi connectivity index (χ3v) is 4.54. The fourth-order valence-electron chi connectivity index (χ4n) is 3.50. The van der Waals surface area contributed by atoms with Crippen LogP contribution in [0.3, 0.4) is 0 Å². The van der Waals surface area contributed by atoms with Crippen molar-refractivity contribution in [2.75, 3.05) is 13.1 Å². The number of nitrogens with zero attached hydrogens (tertiary/aromatic N) is 1. The van der Waals surface area contributed by atoms with Gasteiger partial charge in [-0.05, 0) is 38.5 Å². The van der Waals surface area contributed by atoms with Crippen molar-refractivity contribution in [1.82, 2.24) is 4.90 Å². The van der Waals surface area contributed by atoms with Crippen molar-refractivity contribution in [3.05, 3.63) is 0 Å². The van der Waals surface area contributed by atoms with Crippen molar-refractivity contribution in [2.45, 2.75) is 57.6 Å². The van der Waals surface area contributed by atoms with E-state index in [9.17, 15) is 9.90 Å². The van der Waals surface area contributed by atoms with Gasteiger partial charge in [-0.3, -0.25) is 4.79 Å². The summed E-state index contributed by atoms with van der Waals surface area (Å²) in [4.78, 5) is 14.4. The first kappa shape index (κ1) is 13.8. The van der Waals surface area contributed by atoms with Crippen LogP contribution in [0.4, 0.5) is 0 Å². The summed E-state index contributed by atoms with van der Waals surface area (Å²) < 4.78 is 0. The van der Waals surface area contributed by atoms with E-state index >= 15 is 0 Å². The van der Waals surface area contributed by atoms with Gasteiger partial charge in [0.05, 0.1) is 11.5 Å². The van der Waals surface area contributed by atoms with E-state index < -0.39 is 5.60 Å². The number of piperidine rings is 1. The predicted octanol–water partition coefficient (Wildman–Crippen LogP) is 1.12. The van der Waals surface area contributed by atoms with Gasteiger partial charge in [-0.2, -0.15) is 0 Å². The Kier molecular flexibility index (Phi) is 3.97. The van der Waals surface area contributed by atoms with Gasteiger partial charge >= 0.3 is 0 Å². The summed E-state index contributed by atoms with van der Waals surface area (Å²) >= 11 is 0. The summed E-state index contributed by atoms with van der Waals surface area (Å²) in [6.45, 7) is 5.17. The minimum absolute atomic E-state index is 0.00637. The number of carbonyl (C=O) groups excluding carboxylic acids is 1. The summed E-state index contributed by atoms with van der Waals surface area (Å²) in [5, 5.41) is 10.1. The first-order valence-corrected chi connectivity index (χ1v) is 7.17. The first-order chi connectivity index (χ1) is 8.41. The van der Waals surface area contributed by atoms with E-state index in [-0.39, 0.29) is 17.9 Å². The van der Waals surface area contributed by atoms with Crippen molar-refractivity contribution in [3.63, 3.8) is 0 Å². The molecule has 0 radical (unpaired) electrons. The highest BCUT2D eigenvalue weighted by molar-refractivity contribution is 5.80. The van der Waals surface area contributed by atoms with Crippen LogP contribution in [0.1, 0.15) is 46.0 Å². The number of carbonyl (C=O) groups is 1. The van der Waals surface area contributed by atoms with Crippen LogP contribution < -0.4 is 5.73 Å². The van der Waals surface area contributed by atoms with Crippen molar-refractivity contribution in [3.8, 4) is 0 Å². The van der Waals surface area contributed by atoms with Crippen LogP contribution in [0.15, 0.2) is 0 Å². The van der Waals surface area contributed by atoms with Gasteiger partial charge in [-0.15, -0.1) is 0 Å². The van der Waals surface area contributed by atoms with Gasteiger partial charge < -0.3 is 15.7 Å². The molecule has 18 heavy (non-hydrogen) atoms. The molecule has 0 aromatic carbocycles. The van der Waals surface area contributed by atoms with Crippen molar-refractivity contribution in [2.24, 2.45) is 17.6 Å². The van der Waals surface area contributed by atoms with Crippen LogP contribution in [-0.2, 0) is 4.79 Å². The normalized spacial score (nSPS) is 41.8. The third kappa shape index (κ3) is 2.86. The highest BCUT2D eigenvalue weighted by Gasteiger charge is 2.39. The second-order valence-electron chi connectivity index (χ2n) is 6.46. The van der Waals surface area contributed by atoms with E-state index in [2.05, 4.69) is 6.92 Å². The van der Waals surface area contributed by atoms with Gasteiger partial charge in [0.1, 0.15) is 0 Å². The lowest BCUT2D eigenvalue weighted by molar-refractivity contribution is -0.145. The lowest BCUT2D eigenvalue weighted by Crippen LogP contribution is -2.54. The molecule has 2 rings (SSSR count). The molecule has 1 aliphatic heterocycles. The molecular weight excluding hydrogens is 228 g/mol. The van der Waals surface area contributed by atoms with Crippen molar-refractivity contribution >= 4 is 5.91 Å². The number of rotatable bonds is 1. The molecule has 1 amide bonds. The van der Waals surface area contributed by atoms with Gasteiger partial charge in [0.15, 0.2) is 0 Å². The second kappa shape index (κ2) is 5.17. The summed E-state index contributed by atoms with van der Waals surface area (Å²) in [5.74, 6) is 0.482. The first-order valence-electron chi connectivity index (χ1n) is 7.17. The molecule has 104 valence electrons. The molecule has 4 unspecified atom stereocenters. The molecule has 1 aliphatic carbocycles. The molecular formula is C14H26N2O2. The van der Waals surface area contributed by atoms with Crippen LogP contribution in [0.2, 0.25) is 0 Å². The molecule has 4 nitrogen and oxygen atoms in total. The average molecular weight is 254 g/mol. The van der Waals surface area contributed by atoms with Crippen molar-refractivity contribution < 1.29 is 9.90 Å². The van der Waals surface area contributed by atoms with Crippen molar-refractivity contribution in [1.29, 1.82) is 0 Å². The molecule has 4 atom stereocenters. The lowest BCUT2D eigenvalue weighted by Gasteiger charge is -2.42. The maximum absolute atomic E-state index is 12.6. The Bertz CT molecular complexity index is 307. The summed E-state index contributed by atoms with van der Waals surface area (Å²) in [5.41, 5.74) is 5.41. The minimum Gasteiger partial charge on any atom is -0.388 e. The SMILES string of the molecule is CC1CCCC(N)C1C(=O)N1CCCC(C)(O)C1. The molecule has 1 saturated carbocycles. The van der Waals surface area contributed by atoms with Crippen LogP contribution in [0, 0.1) is 11.8 Å². The number of amides is 1. The summed E-state index contributed by atoms with van der Waals surface area (Å²) in [6, 6.07) is -0.00637. The number of nitrogens with two attached hydrogens (primary N) is 1. The molecule has 1 saturated heterocycles. The average Bonchev–Trinajstić information content (AvgIpc) is 2.27. The van der Waals surface area contributed by atoms with Gasteiger partial charge in [0.25, 0.3) is 0 Å². The molecule has 0 spiro atoms. The smallest absolute Gasteiger partial charge is 0.227 e. The molecule has 4 heteroatoms. The third-order valence-electron chi connectivity index (χ3n) is 4.54. The van der Waals surface area contributed by atoms with E-state index in [4.69, 9.17) is 5.73 Å². The zero-order valence-corrected chi connectivity index (χ0v) is 11.6. The van der Waals surface area contributed by atoms with Crippen LogP contribution in [0.5, 0.6) is 0 Å². The zero-order chi connectivity index (χ0) is 13.3. The summed E-state index contributed by atoms with van der Waals surface area (Å²) in [6.07, 6.45) is 4.83. The fourth-order valence-corrected chi connectivity index (χ4v) is 3.50. The lowest BCUT2D eigenvalue weighted by atomic mass is 9.76. The van der Waals surface area contributed by atoms with Gasteiger partial charge in [0.2, 0.25) is 5.91 Å². The quantitative estimate of drug-likeness (QED) is 0.737. The fraction of sp³-hybridized carbons (Fsp3) is 0.929. The van der Waals surface area contributed by atoms with Gasteiger partial charge in [0, 0.05) is 19.1 Å². The Morgan fingerprint density at radius 2 is 2.11 bits per heavy atom. The topological polar surface area (TPSA) is 66.6 Å². The molecule has 1 heterocycles. The zero-order valence-electron chi connectivity index (χ0n) is 11.6. The Balaban J connectivity index is 2.05. The van der Waals surface area contributed by atoms with Gasteiger partial charge in [-0.1, -0.05) is 13.3 Å². The van der Waals surface area contributed by atoms with Crippen LogP contribution in [0.25, 0.3) is 0 Å². The van der Waals surface area contributed by atoms with E-state index in [1.165, 1.54) is 0 Å². The maximum atomic E-state index is 12.6. The Morgan fingerprint density at radius 3 is 2.72 bits per heavy atom. The number of likely N-dealkylation sites (tertiary alicyclic amines) is 1. The van der Waals surface area contributed by atoms with Gasteiger partial charge in [-0.25, -0.2) is 0 Å². The molecule has 2 fully saturated rings. The minimum atomic E-state index is -0.726. The van der Waals surface area contributed by atoms with E-state index in [0.29, 0.717) is 12.5 Å². The number of aliphatic hydroxyl groups is 1. The molecule has 0 aromatic heterocycles. The van der Waals surface area contributed by atoms with E-state index in [1.54, 1.807) is 0 Å².